The van der Waals surface area contributed by atoms with Gasteiger partial charge in [0.25, 0.3) is 10.0 Å². The lowest BCUT2D eigenvalue weighted by atomic mass is 10.0. The lowest BCUT2D eigenvalue weighted by Crippen LogP contribution is -2.35. The predicted molar refractivity (Wildman–Crippen MR) is 94.6 cm³/mol. The van der Waals surface area contributed by atoms with Crippen LogP contribution >= 0.6 is 0 Å². The quantitative estimate of drug-likeness (QED) is 0.887. The number of amides is 1. The molecule has 0 unspecified atom stereocenters. The van der Waals surface area contributed by atoms with Gasteiger partial charge < -0.3 is 4.90 Å². The molecule has 0 aliphatic carbocycles. The summed E-state index contributed by atoms with van der Waals surface area (Å²) in [6, 6.07) is 10.3. The summed E-state index contributed by atoms with van der Waals surface area (Å²) in [4.78, 5) is 13.4. The van der Waals surface area contributed by atoms with E-state index in [0.717, 1.165) is 23.7 Å². The van der Waals surface area contributed by atoms with E-state index in [9.17, 15) is 17.6 Å². The van der Waals surface area contributed by atoms with E-state index in [2.05, 4.69) is 4.72 Å². The summed E-state index contributed by atoms with van der Waals surface area (Å²) in [5, 5.41) is 0. The van der Waals surface area contributed by atoms with Crippen molar-refractivity contribution in [3.05, 3.63) is 53.8 Å². The Morgan fingerprint density at radius 2 is 1.92 bits per heavy atom. The first-order valence-corrected chi connectivity index (χ1v) is 9.61. The van der Waals surface area contributed by atoms with Crippen molar-refractivity contribution >= 4 is 27.3 Å². The van der Waals surface area contributed by atoms with E-state index >= 15 is 0 Å². The number of nitrogens with one attached hydrogen (secondary N) is 1. The number of hydrogen-bond acceptors (Lipinski definition) is 3. The van der Waals surface area contributed by atoms with Gasteiger partial charge in [-0.3, -0.25) is 9.52 Å². The first kappa shape index (κ1) is 17.4. The standard InChI is InChI=1S/C18H19FN2O3S/c1-2-11-21-16-9-8-14(12-13(16)7-10-18(21)22)20-25(23,24)17-6-4-3-5-15(17)19/h3-6,8-9,12,20H,2,7,10-11H2,1H3. The summed E-state index contributed by atoms with van der Waals surface area (Å²) in [5.74, 6) is -0.721. The number of sulfonamides is 1. The Morgan fingerprint density at radius 3 is 2.64 bits per heavy atom. The van der Waals surface area contributed by atoms with Crippen molar-refractivity contribution in [2.75, 3.05) is 16.2 Å². The van der Waals surface area contributed by atoms with E-state index < -0.39 is 20.7 Å². The maximum absolute atomic E-state index is 13.8. The zero-order chi connectivity index (χ0) is 18.0. The van der Waals surface area contributed by atoms with Crippen LogP contribution in [0.1, 0.15) is 25.3 Å². The molecular weight excluding hydrogens is 343 g/mol. The first-order valence-electron chi connectivity index (χ1n) is 8.13. The molecule has 0 atom stereocenters. The largest absolute Gasteiger partial charge is 0.312 e. The van der Waals surface area contributed by atoms with Crippen LogP contribution in [0.25, 0.3) is 0 Å². The van der Waals surface area contributed by atoms with E-state index in [1.807, 2.05) is 6.92 Å². The fourth-order valence-corrected chi connectivity index (χ4v) is 4.09. The predicted octanol–water partition coefficient (Wildman–Crippen LogP) is 3.32. The van der Waals surface area contributed by atoms with E-state index in [-0.39, 0.29) is 5.91 Å². The van der Waals surface area contributed by atoms with Gasteiger partial charge in [0.15, 0.2) is 0 Å². The van der Waals surface area contributed by atoms with Gasteiger partial charge in [0.05, 0.1) is 0 Å². The molecule has 25 heavy (non-hydrogen) atoms. The van der Waals surface area contributed by atoms with Gasteiger partial charge in [0.2, 0.25) is 5.91 Å². The van der Waals surface area contributed by atoms with Gasteiger partial charge in [-0.1, -0.05) is 19.1 Å². The van der Waals surface area contributed by atoms with Crippen LogP contribution in [0, 0.1) is 5.82 Å². The molecule has 0 fully saturated rings. The fourth-order valence-electron chi connectivity index (χ4n) is 2.97. The molecule has 0 spiro atoms. The summed E-state index contributed by atoms with van der Waals surface area (Å²) in [6.45, 7) is 2.63. The molecule has 3 rings (SSSR count). The monoisotopic (exact) mass is 362 g/mol. The summed E-state index contributed by atoms with van der Waals surface area (Å²) in [5.41, 5.74) is 2.07. The number of halogens is 1. The highest BCUT2D eigenvalue weighted by atomic mass is 32.2. The highest BCUT2D eigenvalue weighted by molar-refractivity contribution is 7.92. The second-order valence-corrected chi connectivity index (χ2v) is 7.58. The Morgan fingerprint density at radius 1 is 1.16 bits per heavy atom. The van der Waals surface area contributed by atoms with Gasteiger partial charge in [-0.25, -0.2) is 12.8 Å². The number of carbonyl (C=O) groups excluding carboxylic acids is 1. The number of aryl methyl sites for hydroxylation is 1. The van der Waals surface area contributed by atoms with Crippen LogP contribution in [0.15, 0.2) is 47.4 Å². The minimum Gasteiger partial charge on any atom is -0.312 e. The Balaban J connectivity index is 1.91. The molecule has 5 nitrogen and oxygen atoms in total. The SMILES string of the molecule is CCCN1C(=O)CCc2cc(NS(=O)(=O)c3ccccc3F)ccc21. The third-order valence-electron chi connectivity index (χ3n) is 4.11. The lowest BCUT2D eigenvalue weighted by Gasteiger charge is -2.29. The second kappa shape index (κ2) is 6.84. The molecule has 7 heteroatoms. The van der Waals surface area contributed by atoms with Gasteiger partial charge in [0.1, 0.15) is 10.7 Å². The number of carbonyl (C=O) groups is 1. The van der Waals surface area contributed by atoms with Gasteiger partial charge in [-0.2, -0.15) is 0 Å². The molecule has 0 saturated heterocycles. The van der Waals surface area contributed by atoms with E-state index in [1.165, 1.54) is 18.2 Å². The molecular formula is C18H19FN2O3S. The normalized spacial score (nSPS) is 14.3. The highest BCUT2D eigenvalue weighted by Crippen LogP contribution is 2.31. The van der Waals surface area contributed by atoms with Crippen molar-refractivity contribution < 1.29 is 17.6 Å². The minimum atomic E-state index is -4.01. The fraction of sp³-hybridized carbons (Fsp3) is 0.278. The van der Waals surface area contributed by atoms with E-state index in [0.29, 0.717) is 25.1 Å². The van der Waals surface area contributed by atoms with Crippen LogP contribution < -0.4 is 9.62 Å². The third-order valence-corrected chi connectivity index (χ3v) is 5.52. The molecule has 0 saturated carbocycles. The number of anilines is 2. The Labute approximate surface area is 146 Å². The van der Waals surface area contributed by atoms with Crippen LogP contribution in [-0.2, 0) is 21.2 Å². The molecule has 0 bridgehead atoms. The highest BCUT2D eigenvalue weighted by Gasteiger charge is 2.24. The maximum atomic E-state index is 13.8. The average molecular weight is 362 g/mol. The van der Waals surface area contributed by atoms with Crippen LogP contribution in [0.5, 0.6) is 0 Å². The Kier molecular flexibility index (Phi) is 4.76. The number of fused-ring (bicyclic) bond motifs is 1. The first-order chi connectivity index (χ1) is 11.9. The van der Waals surface area contributed by atoms with Gasteiger partial charge in [-0.15, -0.1) is 0 Å². The molecule has 0 radical (unpaired) electrons. The van der Waals surface area contributed by atoms with Crippen molar-refractivity contribution in [1.82, 2.24) is 0 Å². The average Bonchev–Trinajstić information content (AvgIpc) is 2.57. The molecule has 132 valence electrons. The van der Waals surface area contributed by atoms with Crippen LogP contribution in [0.4, 0.5) is 15.8 Å². The molecule has 2 aromatic carbocycles. The Hall–Kier alpha value is -2.41. The number of rotatable bonds is 5. The van der Waals surface area contributed by atoms with Crippen molar-refractivity contribution in [2.45, 2.75) is 31.1 Å². The van der Waals surface area contributed by atoms with E-state index in [1.54, 1.807) is 23.1 Å². The summed E-state index contributed by atoms with van der Waals surface area (Å²) >= 11 is 0. The van der Waals surface area contributed by atoms with Gasteiger partial charge in [0, 0.05) is 24.3 Å². The topological polar surface area (TPSA) is 66.5 Å². The summed E-state index contributed by atoms with van der Waals surface area (Å²) in [6.07, 6.45) is 1.80. The van der Waals surface area contributed by atoms with Crippen LogP contribution in [-0.4, -0.2) is 20.9 Å². The van der Waals surface area contributed by atoms with Crippen molar-refractivity contribution in [1.29, 1.82) is 0 Å². The number of hydrogen-bond donors (Lipinski definition) is 1. The minimum absolute atomic E-state index is 0.0778. The number of nitrogens with zero attached hydrogens (tertiary/aromatic N) is 1. The second-order valence-electron chi connectivity index (χ2n) is 5.92. The van der Waals surface area contributed by atoms with E-state index in [4.69, 9.17) is 0 Å². The van der Waals surface area contributed by atoms with Crippen LogP contribution in [0.3, 0.4) is 0 Å². The number of benzene rings is 2. The molecule has 0 aromatic heterocycles. The van der Waals surface area contributed by atoms with Crippen molar-refractivity contribution in [3.63, 3.8) is 0 Å². The van der Waals surface area contributed by atoms with Crippen molar-refractivity contribution in [3.8, 4) is 0 Å². The zero-order valence-corrected chi connectivity index (χ0v) is 14.6. The Bertz CT molecular complexity index is 912. The smallest absolute Gasteiger partial charge is 0.264 e. The molecule has 1 N–H and O–H groups in total. The third kappa shape index (κ3) is 3.51. The van der Waals surface area contributed by atoms with Gasteiger partial charge >= 0.3 is 0 Å². The van der Waals surface area contributed by atoms with Gasteiger partial charge in [-0.05, 0) is 48.7 Å². The van der Waals surface area contributed by atoms with Crippen LogP contribution in [0.2, 0.25) is 0 Å². The molecule has 1 aliphatic heterocycles. The summed E-state index contributed by atoms with van der Waals surface area (Å²) in [7, 11) is -4.01. The maximum Gasteiger partial charge on any atom is 0.264 e. The molecule has 1 aliphatic rings. The summed E-state index contributed by atoms with van der Waals surface area (Å²) < 4.78 is 41.0. The zero-order valence-electron chi connectivity index (χ0n) is 13.8. The molecule has 2 aromatic rings. The van der Waals surface area contributed by atoms with Crippen molar-refractivity contribution in [2.24, 2.45) is 0 Å². The molecule has 1 heterocycles. The lowest BCUT2D eigenvalue weighted by molar-refractivity contribution is -0.118. The molecule has 1 amide bonds.